The molecule has 21 heavy (non-hydrogen) atoms. The van der Waals surface area contributed by atoms with E-state index in [1.165, 1.54) is 12.8 Å². The summed E-state index contributed by atoms with van der Waals surface area (Å²) < 4.78 is 5.44. The summed E-state index contributed by atoms with van der Waals surface area (Å²) in [5, 5.41) is 0. The molecule has 0 saturated heterocycles. The van der Waals surface area contributed by atoms with Gasteiger partial charge in [0, 0.05) is 30.7 Å². The third kappa shape index (κ3) is 5.33. The fraction of sp³-hybridized carbons (Fsp3) is 0.667. The first-order chi connectivity index (χ1) is 10.0. The predicted molar refractivity (Wildman–Crippen MR) is 90.7 cm³/mol. The van der Waals surface area contributed by atoms with Crippen LogP contribution in [0.25, 0.3) is 0 Å². The predicted octanol–water partition coefficient (Wildman–Crippen LogP) is 3.84. The van der Waals surface area contributed by atoms with Crippen LogP contribution in [0.1, 0.15) is 52.1 Å². The zero-order chi connectivity index (χ0) is 15.8. The minimum atomic E-state index is -0.0134. The molecule has 1 aromatic carbocycles. The van der Waals surface area contributed by atoms with E-state index in [0.717, 1.165) is 24.4 Å². The van der Waals surface area contributed by atoms with Crippen molar-refractivity contribution in [2.24, 2.45) is 11.7 Å². The number of rotatable bonds is 9. The highest BCUT2D eigenvalue weighted by Crippen LogP contribution is 2.25. The molecule has 2 N–H and O–H groups in total. The molecule has 0 aliphatic rings. The molecular weight excluding hydrogens is 260 g/mol. The lowest BCUT2D eigenvalue weighted by Crippen LogP contribution is -2.41. The van der Waals surface area contributed by atoms with Gasteiger partial charge in [-0.15, -0.1) is 0 Å². The summed E-state index contributed by atoms with van der Waals surface area (Å²) in [6.07, 6.45) is 2.34. The van der Waals surface area contributed by atoms with Crippen LogP contribution in [-0.2, 0) is 0 Å². The SMILES string of the molecule is CCC(CC)N(CC(C)C)CC(N)c1ccccc1OC. The second-order valence-corrected chi connectivity index (χ2v) is 6.17. The van der Waals surface area contributed by atoms with Crippen molar-refractivity contribution >= 4 is 0 Å². The van der Waals surface area contributed by atoms with Crippen molar-refractivity contribution in [3.8, 4) is 5.75 Å². The molecule has 0 radical (unpaired) electrons. The third-order valence-corrected chi connectivity index (χ3v) is 4.03. The fourth-order valence-corrected chi connectivity index (χ4v) is 2.97. The van der Waals surface area contributed by atoms with Crippen LogP contribution in [0.4, 0.5) is 0 Å². The first-order valence-corrected chi connectivity index (χ1v) is 8.15. The van der Waals surface area contributed by atoms with Gasteiger partial charge in [-0.3, -0.25) is 4.90 Å². The highest BCUT2D eigenvalue weighted by atomic mass is 16.5. The van der Waals surface area contributed by atoms with E-state index >= 15 is 0 Å². The summed E-state index contributed by atoms with van der Waals surface area (Å²) in [5.74, 6) is 1.54. The topological polar surface area (TPSA) is 38.5 Å². The maximum atomic E-state index is 6.47. The second-order valence-electron chi connectivity index (χ2n) is 6.17. The molecule has 3 heteroatoms. The van der Waals surface area contributed by atoms with Crippen molar-refractivity contribution in [3.63, 3.8) is 0 Å². The Labute approximate surface area is 130 Å². The van der Waals surface area contributed by atoms with Crippen LogP contribution in [0, 0.1) is 5.92 Å². The lowest BCUT2D eigenvalue weighted by Gasteiger charge is -2.34. The van der Waals surface area contributed by atoms with Gasteiger partial charge in [0.25, 0.3) is 0 Å². The van der Waals surface area contributed by atoms with E-state index in [0.29, 0.717) is 12.0 Å². The van der Waals surface area contributed by atoms with Crippen molar-refractivity contribution in [1.82, 2.24) is 4.90 Å². The molecule has 120 valence electrons. The maximum absolute atomic E-state index is 6.47. The normalized spacial score (nSPS) is 13.2. The molecule has 0 spiro atoms. The van der Waals surface area contributed by atoms with E-state index in [-0.39, 0.29) is 6.04 Å². The molecule has 0 aliphatic carbocycles. The van der Waals surface area contributed by atoms with Crippen LogP contribution in [0.2, 0.25) is 0 Å². The Kier molecular flexibility index (Phi) is 7.76. The monoisotopic (exact) mass is 292 g/mol. The first kappa shape index (κ1) is 18.0. The molecule has 0 amide bonds. The fourth-order valence-electron chi connectivity index (χ4n) is 2.97. The first-order valence-electron chi connectivity index (χ1n) is 8.15. The summed E-state index contributed by atoms with van der Waals surface area (Å²) in [7, 11) is 1.71. The minimum absolute atomic E-state index is 0.0134. The van der Waals surface area contributed by atoms with Gasteiger partial charge in [0.2, 0.25) is 0 Å². The number of ether oxygens (including phenoxy) is 1. The van der Waals surface area contributed by atoms with Gasteiger partial charge in [-0.25, -0.2) is 0 Å². The number of hydrogen-bond donors (Lipinski definition) is 1. The Bertz CT molecular complexity index is 402. The van der Waals surface area contributed by atoms with Crippen molar-refractivity contribution in [1.29, 1.82) is 0 Å². The average molecular weight is 292 g/mol. The Morgan fingerprint density at radius 1 is 1.10 bits per heavy atom. The average Bonchev–Trinajstić information content (AvgIpc) is 2.47. The van der Waals surface area contributed by atoms with Gasteiger partial charge in [-0.1, -0.05) is 45.9 Å². The Morgan fingerprint density at radius 3 is 2.24 bits per heavy atom. The van der Waals surface area contributed by atoms with Gasteiger partial charge in [0.05, 0.1) is 7.11 Å². The van der Waals surface area contributed by atoms with E-state index in [1.807, 2.05) is 18.2 Å². The molecule has 1 rings (SSSR count). The summed E-state index contributed by atoms with van der Waals surface area (Å²) in [4.78, 5) is 2.54. The number of benzene rings is 1. The number of nitrogens with two attached hydrogens (primary N) is 1. The van der Waals surface area contributed by atoms with Crippen molar-refractivity contribution in [3.05, 3.63) is 29.8 Å². The molecule has 0 aromatic heterocycles. The van der Waals surface area contributed by atoms with Crippen LogP contribution in [0.5, 0.6) is 5.75 Å². The van der Waals surface area contributed by atoms with E-state index < -0.39 is 0 Å². The molecule has 0 fully saturated rings. The lowest BCUT2D eigenvalue weighted by atomic mass is 10.0. The van der Waals surface area contributed by atoms with Crippen LogP contribution in [0.15, 0.2) is 24.3 Å². The van der Waals surface area contributed by atoms with Gasteiger partial charge < -0.3 is 10.5 Å². The molecule has 1 aromatic rings. The molecule has 0 saturated carbocycles. The van der Waals surface area contributed by atoms with Gasteiger partial charge in [-0.2, -0.15) is 0 Å². The number of hydrogen-bond acceptors (Lipinski definition) is 3. The highest BCUT2D eigenvalue weighted by molar-refractivity contribution is 5.35. The van der Waals surface area contributed by atoms with Crippen molar-refractivity contribution in [2.75, 3.05) is 20.2 Å². The molecule has 0 bridgehead atoms. The largest absolute Gasteiger partial charge is 0.496 e. The molecule has 1 atom stereocenters. The van der Waals surface area contributed by atoms with Crippen LogP contribution < -0.4 is 10.5 Å². The van der Waals surface area contributed by atoms with Crippen LogP contribution >= 0.6 is 0 Å². The van der Waals surface area contributed by atoms with Gasteiger partial charge in [0.1, 0.15) is 5.75 Å². The highest BCUT2D eigenvalue weighted by Gasteiger charge is 2.21. The second kappa shape index (κ2) is 9.06. The van der Waals surface area contributed by atoms with Gasteiger partial charge in [-0.05, 0) is 24.8 Å². The molecule has 3 nitrogen and oxygen atoms in total. The number of para-hydroxylation sites is 1. The zero-order valence-electron chi connectivity index (χ0n) is 14.3. The standard InChI is InChI=1S/C18H32N2O/c1-6-15(7-2)20(12-14(3)4)13-17(19)16-10-8-9-11-18(16)21-5/h8-11,14-15,17H,6-7,12-13,19H2,1-5H3. The summed E-state index contributed by atoms with van der Waals surface area (Å²) in [6, 6.07) is 8.67. The molecule has 0 heterocycles. The zero-order valence-corrected chi connectivity index (χ0v) is 14.3. The van der Waals surface area contributed by atoms with Crippen LogP contribution in [0.3, 0.4) is 0 Å². The van der Waals surface area contributed by atoms with Crippen LogP contribution in [-0.4, -0.2) is 31.1 Å². The number of nitrogens with zero attached hydrogens (tertiary/aromatic N) is 1. The maximum Gasteiger partial charge on any atom is 0.123 e. The van der Waals surface area contributed by atoms with E-state index in [9.17, 15) is 0 Å². The van der Waals surface area contributed by atoms with E-state index in [4.69, 9.17) is 10.5 Å². The Morgan fingerprint density at radius 2 is 1.71 bits per heavy atom. The number of methoxy groups -OCH3 is 1. The molecular formula is C18H32N2O. The third-order valence-electron chi connectivity index (χ3n) is 4.03. The van der Waals surface area contributed by atoms with E-state index in [1.54, 1.807) is 7.11 Å². The van der Waals surface area contributed by atoms with E-state index in [2.05, 4.69) is 38.7 Å². The molecule has 1 unspecified atom stereocenters. The Hall–Kier alpha value is -1.06. The Balaban J connectivity index is 2.86. The quantitative estimate of drug-likeness (QED) is 0.751. The lowest BCUT2D eigenvalue weighted by molar-refractivity contribution is 0.155. The van der Waals surface area contributed by atoms with Crippen molar-refractivity contribution < 1.29 is 4.74 Å². The van der Waals surface area contributed by atoms with Gasteiger partial charge in [0.15, 0.2) is 0 Å². The summed E-state index contributed by atoms with van der Waals surface area (Å²) in [6.45, 7) is 11.0. The summed E-state index contributed by atoms with van der Waals surface area (Å²) in [5.41, 5.74) is 7.57. The van der Waals surface area contributed by atoms with Crippen molar-refractivity contribution in [2.45, 2.75) is 52.6 Å². The smallest absolute Gasteiger partial charge is 0.123 e. The summed E-state index contributed by atoms with van der Waals surface area (Å²) >= 11 is 0. The van der Waals surface area contributed by atoms with Gasteiger partial charge >= 0.3 is 0 Å². The minimum Gasteiger partial charge on any atom is -0.496 e. The molecule has 0 aliphatic heterocycles.